The first-order chi connectivity index (χ1) is 2.91. The van der Waals surface area contributed by atoms with E-state index in [1.54, 1.807) is 18.8 Å². The van der Waals surface area contributed by atoms with Gasteiger partial charge in [0.2, 0.25) is 0 Å². The molecular formula is C2H7ClNOPtS-2. The maximum Gasteiger partial charge on any atom is -0.174 e. The summed E-state index contributed by atoms with van der Waals surface area (Å²) in [6.07, 6.45) is 0. The molecule has 0 aromatic rings. The van der Waals surface area contributed by atoms with Gasteiger partial charge in [0.05, 0.1) is 0 Å². The summed E-state index contributed by atoms with van der Waals surface area (Å²) in [4.78, 5) is 0. The number of halogens is 1. The van der Waals surface area contributed by atoms with Gasteiger partial charge in [0.15, 0.2) is 0 Å². The van der Waals surface area contributed by atoms with Crippen LogP contribution in [0.4, 0.5) is 0 Å². The van der Waals surface area contributed by atoms with Crippen molar-refractivity contribution in [1.82, 2.24) is 0 Å². The summed E-state index contributed by atoms with van der Waals surface area (Å²) in [5, 5.41) is 0. The van der Waals surface area contributed by atoms with Crippen LogP contribution in [-0.4, -0.2) is 17.8 Å². The molecule has 0 saturated heterocycles. The Hall–Kier alpha value is 1.25. The Bertz CT molecular complexity index is 19.7. The average molecular weight is 324 g/mol. The zero-order valence-electron chi connectivity index (χ0n) is 3.52. The van der Waals surface area contributed by atoms with Crippen LogP contribution >= 0.6 is 9.42 Å². The van der Waals surface area contributed by atoms with Gasteiger partial charge in [0.1, 0.15) is 0 Å². The van der Waals surface area contributed by atoms with Crippen molar-refractivity contribution in [3.05, 3.63) is 5.73 Å². The van der Waals surface area contributed by atoms with Gasteiger partial charge >= 0.3 is 28.2 Å². The molecule has 0 amide bonds. The second kappa shape index (κ2) is 26.8. The van der Waals surface area contributed by atoms with Crippen molar-refractivity contribution >= 4 is 22.0 Å². The Morgan fingerprint density at radius 1 is 1.57 bits per heavy atom. The molecule has 0 atom stereocenters. The first-order valence-electron chi connectivity index (χ1n) is 1.26. The third-order valence-electron chi connectivity index (χ3n) is 0.102. The van der Waals surface area contributed by atoms with Crippen molar-refractivity contribution in [2.45, 2.75) is 0 Å². The summed E-state index contributed by atoms with van der Waals surface area (Å²) < 4.78 is 0. The molecule has 5 heteroatoms. The molecule has 0 spiro atoms. The van der Waals surface area contributed by atoms with Gasteiger partial charge in [0, 0.05) is 0 Å². The van der Waals surface area contributed by atoms with Gasteiger partial charge < -0.3 is 23.8 Å². The largest absolute Gasteiger partial charge is 0.794 e. The average Bonchev–Trinajstić information content (AvgIpc) is 1.72. The minimum absolute atomic E-state index is 0. The molecule has 2 nitrogen and oxygen atoms in total. The van der Waals surface area contributed by atoms with Crippen LogP contribution in [-0.2, 0) is 31.4 Å². The summed E-state index contributed by atoms with van der Waals surface area (Å²) in [7, 11) is 4.61. The van der Waals surface area contributed by atoms with Gasteiger partial charge in [-0.25, -0.2) is 0 Å². The molecular weight excluding hydrogens is 317 g/mol. The summed E-state index contributed by atoms with van der Waals surface area (Å²) in [5.41, 5.74) is 6.35. The minimum atomic E-state index is 0. The molecule has 0 fully saturated rings. The molecule has 0 aromatic carbocycles. The minimum Gasteiger partial charge on any atom is -0.794 e. The normalized spacial score (nSPS) is 5.29. The third-order valence-corrected chi connectivity index (χ3v) is 0.306. The van der Waals surface area contributed by atoms with Crippen LogP contribution in [0.5, 0.6) is 0 Å². The molecule has 0 radical (unpaired) electrons. The van der Waals surface area contributed by atoms with Gasteiger partial charge in [-0.05, 0) is 0 Å². The second-order valence-electron chi connectivity index (χ2n) is 0.454. The number of rotatable bonds is 1. The SMILES string of the molecule is O.[Cl][Pt].[NH-]CC[S-]. The van der Waals surface area contributed by atoms with E-state index in [4.69, 9.17) is 5.73 Å². The molecule has 3 N–H and O–H groups in total. The third kappa shape index (κ3) is 39.5. The summed E-state index contributed by atoms with van der Waals surface area (Å²) in [6, 6.07) is 0. The smallest absolute Gasteiger partial charge is 0.174 e. The van der Waals surface area contributed by atoms with Gasteiger partial charge in [-0.2, -0.15) is 12.3 Å². The zero-order valence-corrected chi connectivity index (χ0v) is 7.36. The topological polar surface area (TPSA) is 55.3 Å². The molecule has 0 aliphatic carbocycles. The second-order valence-corrected chi connectivity index (χ2v) is 0.862. The zero-order chi connectivity index (χ0) is 5.41. The van der Waals surface area contributed by atoms with E-state index >= 15 is 0 Å². The van der Waals surface area contributed by atoms with Crippen molar-refractivity contribution in [3.63, 3.8) is 0 Å². The first kappa shape index (κ1) is 15.7. The maximum atomic E-state index is 6.35. The van der Waals surface area contributed by atoms with Crippen molar-refractivity contribution in [1.29, 1.82) is 0 Å². The molecule has 7 heavy (non-hydrogen) atoms. The van der Waals surface area contributed by atoms with E-state index in [0.717, 1.165) is 0 Å². The first-order valence-corrected chi connectivity index (χ1v) is 4.65. The van der Waals surface area contributed by atoms with E-state index in [-0.39, 0.29) is 5.48 Å². The van der Waals surface area contributed by atoms with Crippen molar-refractivity contribution < 1.29 is 24.2 Å². The molecule has 0 bridgehead atoms. The maximum absolute atomic E-state index is 6.35. The fraction of sp³-hybridized carbons (Fsp3) is 1.00. The molecule has 0 heterocycles. The number of hydrogen-bond acceptors (Lipinski definition) is 1. The molecule has 0 aliphatic heterocycles. The van der Waals surface area contributed by atoms with E-state index in [1.807, 2.05) is 0 Å². The van der Waals surface area contributed by atoms with Crippen molar-refractivity contribution in [3.8, 4) is 0 Å². The van der Waals surface area contributed by atoms with Gasteiger partial charge in [-0.1, -0.05) is 0 Å². The fourth-order valence-electron chi connectivity index (χ4n) is 0. The Morgan fingerprint density at radius 3 is 1.71 bits per heavy atom. The van der Waals surface area contributed by atoms with Crippen LogP contribution in [0.3, 0.4) is 0 Å². The predicted octanol–water partition coefficient (Wildman–Crippen LogP) is 0.448. The fourth-order valence-corrected chi connectivity index (χ4v) is 0. The van der Waals surface area contributed by atoms with E-state index < -0.39 is 0 Å². The van der Waals surface area contributed by atoms with Crippen LogP contribution in [0, 0.1) is 0 Å². The summed E-state index contributed by atoms with van der Waals surface area (Å²) in [6.45, 7) is 0.384. The quantitative estimate of drug-likeness (QED) is 0.646. The molecule has 0 aromatic heterocycles. The number of hydrogen-bond donors (Lipinski definition) is 0. The summed E-state index contributed by atoms with van der Waals surface area (Å²) >= 11 is 5.98. The van der Waals surface area contributed by atoms with Crippen LogP contribution in [0.2, 0.25) is 0 Å². The van der Waals surface area contributed by atoms with Crippen LogP contribution in [0.1, 0.15) is 0 Å². The van der Waals surface area contributed by atoms with Gasteiger partial charge in [-0.3, -0.25) is 0 Å². The molecule has 51 valence electrons. The predicted molar refractivity (Wildman–Crippen MR) is 30.9 cm³/mol. The Morgan fingerprint density at radius 2 is 1.71 bits per heavy atom. The van der Waals surface area contributed by atoms with E-state index in [0.29, 0.717) is 12.3 Å². The van der Waals surface area contributed by atoms with Crippen LogP contribution in [0.25, 0.3) is 5.73 Å². The van der Waals surface area contributed by atoms with Crippen molar-refractivity contribution in [2.24, 2.45) is 0 Å². The molecule has 0 aliphatic rings. The molecule has 0 saturated carbocycles. The van der Waals surface area contributed by atoms with E-state index in [9.17, 15) is 0 Å². The van der Waals surface area contributed by atoms with Crippen LogP contribution in [0.15, 0.2) is 0 Å². The molecule has 0 rings (SSSR count). The van der Waals surface area contributed by atoms with E-state index in [1.165, 1.54) is 0 Å². The monoisotopic (exact) mass is 323 g/mol. The van der Waals surface area contributed by atoms with Gasteiger partial charge in [0.25, 0.3) is 0 Å². The summed E-state index contributed by atoms with van der Waals surface area (Å²) in [5.74, 6) is 0.569. The molecule has 0 unspecified atom stereocenters. The Kier molecular flexibility index (Phi) is 60.3. The Labute approximate surface area is 64.3 Å². The standard InChI is InChI=1S/C2H6NS.ClH.H2O.Pt/c3-1-2-4;;;/h3-4H,1-2H2;1H;1H2;/q-1;;;+1/p-2. The van der Waals surface area contributed by atoms with E-state index in [2.05, 4.69) is 22.0 Å². The van der Waals surface area contributed by atoms with Gasteiger partial charge in [-0.15, -0.1) is 0 Å². The van der Waals surface area contributed by atoms with Crippen molar-refractivity contribution in [2.75, 3.05) is 12.3 Å². The Balaban J connectivity index is -0.0000000480. The number of nitrogens with one attached hydrogen (secondary N) is 1. The van der Waals surface area contributed by atoms with Crippen LogP contribution < -0.4 is 0 Å².